The Hall–Kier alpha value is -1.57. The van der Waals surface area contributed by atoms with Crippen LogP contribution in [0.3, 0.4) is 0 Å². The fraction of sp³-hybridized carbons (Fsp3) is 0.308. The van der Waals surface area contributed by atoms with Gasteiger partial charge in [-0.2, -0.15) is 0 Å². The van der Waals surface area contributed by atoms with Crippen molar-refractivity contribution in [2.45, 2.75) is 20.8 Å². The van der Waals surface area contributed by atoms with Gasteiger partial charge in [0.1, 0.15) is 12.4 Å². The van der Waals surface area contributed by atoms with Crippen LogP contribution in [-0.2, 0) is 0 Å². The van der Waals surface area contributed by atoms with Crippen LogP contribution in [0, 0.1) is 6.92 Å². The maximum absolute atomic E-state index is 11.4. The van der Waals surface area contributed by atoms with Gasteiger partial charge in [-0.15, -0.1) is 0 Å². The number of Topliss-reactive ketones (excluding diaryl/α,β-unsaturated/α-hetero) is 1. The number of hydrogen-bond acceptors (Lipinski definition) is 2. The third-order valence-corrected chi connectivity index (χ3v) is 2.09. The van der Waals surface area contributed by atoms with Crippen molar-refractivity contribution in [2.75, 3.05) is 6.61 Å². The number of hydrogen-bond donors (Lipinski definition) is 0. The number of benzene rings is 1. The van der Waals surface area contributed by atoms with Gasteiger partial charge in [0.05, 0.1) is 5.56 Å². The second kappa shape index (κ2) is 5.35. The predicted octanol–water partition coefficient (Wildman–Crippen LogP) is 3.15. The van der Waals surface area contributed by atoms with Crippen LogP contribution in [0.2, 0.25) is 0 Å². The fourth-order valence-corrected chi connectivity index (χ4v) is 1.28. The van der Waals surface area contributed by atoms with Crippen LogP contribution in [0.15, 0.2) is 30.4 Å². The van der Waals surface area contributed by atoms with Crippen molar-refractivity contribution in [2.24, 2.45) is 0 Å². The fourth-order valence-electron chi connectivity index (χ4n) is 1.28. The number of carbonyl (C=O) groups excluding carboxylic acids is 1. The van der Waals surface area contributed by atoms with Crippen molar-refractivity contribution < 1.29 is 9.53 Å². The highest BCUT2D eigenvalue weighted by Crippen LogP contribution is 2.20. The zero-order chi connectivity index (χ0) is 11.3. The van der Waals surface area contributed by atoms with E-state index < -0.39 is 0 Å². The first-order valence-electron chi connectivity index (χ1n) is 5.00. The van der Waals surface area contributed by atoms with Crippen LogP contribution in [-0.4, -0.2) is 12.4 Å². The first-order chi connectivity index (χ1) is 7.15. The third kappa shape index (κ3) is 3.24. The van der Waals surface area contributed by atoms with E-state index in [9.17, 15) is 4.79 Å². The summed E-state index contributed by atoms with van der Waals surface area (Å²) in [4.78, 5) is 11.4. The lowest BCUT2D eigenvalue weighted by atomic mass is 10.1. The molecule has 0 unspecified atom stereocenters. The molecule has 1 aromatic carbocycles. The van der Waals surface area contributed by atoms with Crippen molar-refractivity contribution in [3.63, 3.8) is 0 Å². The molecule has 15 heavy (non-hydrogen) atoms. The molecule has 0 aliphatic rings. The lowest BCUT2D eigenvalue weighted by Crippen LogP contribution is -2.01. The average molecular weight is 204 g/mol. The van der Waals surface area contributed by atoms with E-state index in [1.807, 2.05) is 44.2 Å². The van der Waals surface area contributed by atoms with E-state index >= 15 is 0 Å². The summed E-state index contributed by atoms with van der Waals surface area (Å²) in [5.41, 5.74) is 1.72. The lowest BCUT2D eigenvalue weighted by molar-refractivity contribution is 0.101. The molecule has 1 rings (SSSR count). The largest absolute Gasteiger partial charge is 0.489 e. The van der Waals surface area contributed by atoms with Gasteiger partial charge >= 0.3 is 0 Å². The van der Waals surface area contributed by atoms with E-state index in [0.29, 0.717) is 17.9 Å². The van der Waals surface area contributed by atoms with Crippen LogP contribution in [0.5, 0.6) is 5.75 Å². The Labute approximate surface area is 90.6 Å². The molecule has 0 N–H and O–H groups in total. The maximum atomic E-state index is 11.4. The molecule has 0 heterocycles. The second-order valence-electron chi connectivity index (χ2n) is 3.44. The van der Waals surface area contributed by atoms with E-state index in [0.717, 1.165) is 5.56 Å². The zero-order valence-electron chi connectivity index (χ0n) is 9.41. The van der Waals surface area contributed by atoms with Gasteiger partial charge in [0.2, 0.25) is 0 Å². The molecular formula is C13H16O2. The molecule has 0 bridgehead atoms. The molecule has 2 nitrogen and oxygen atoms in total. The Bertz CT molecular complexity index is 378. The normalized spacial score (nSPS) is 10.6. The molecule has 0 spiro atoms. The highest BCUT2D eigenvalue weighted by molar-refractivity contribution is 5.97. The Kier molecular flexibility index (Phi) is 4.10. The van der Waals surface area contributed by atoms with Crippen LogP contribution in [0.25, 0.3) is 0 Å². The zero-order valence-corrected chi connectivity index (χ0v) is 9.41. The van der Waals surface area contributed by atoms with Crippen LogP contribution in [0.4, 0.5) is 0 Å². The predicted molar refractivity (Wildman–Crippen MR) is 61.5 cm³/mol. The van der Waals surface area contributed by atoms with E-state index in [-0.39, 0.29) is 5.78 Å². The van der Waals surface area contributed by atoms with Crippen LogP contribution < -0.4 is 4.74 Å². The summed E-state index contributed by atoms with van der Waals surface area (Å²) >= 11 is 0. The van der Waals surface area contributed by atoms with Crippen LogP contribution >= 0.6 is 0 Å². The minimum Gasteiger partial charge on any atom is -0.489 e. The molecule has 0 saturated carbocycles. The monoisotopic (exact) mass is 204 g/mol. The molecule has 0 fully saturated rings. The molecule has 0 aliphatic heterocycles. The second-order valence-corrected chi connectivity index (χ2v) is 3.44. The Balaban J connectivity index is 2.90. The van der Waals surface area contributed by atoms with Crippen molar-refractivity contribution in [1.29, 1.82) is 0 Å². The minimum absolute atomic E-state index is 0.0363. The molecule has 1 aromatic rings. The summed E-state index contributed by atoms with van der Waals surface area (Å²) in [7, 11) is 0. The topological polar surface area (TPSA) is 26.3 Å². The first kappa shape index (κ1) is 11.5. The van der Waals surface area contributed by atoms with Crippen molar-refractivity contribution in [3.8, 4) is 5.75 Å². The van der Waals surface area contributed by atoms with Gasteiger partial charge in [0, 0.05) is 0 Å². The number of ketones is 1. The molecule has 0 radical (unpaired) electrons. The van der Waals surface area contributed by atoms with Gasteiger partial charge in [-0.25, -0.2) is 0 Å². The van der Waals surface area contributed by atoms with Crippen molar-refractivity contribution >= 4 is 5.78 Å². The number of ether oxygens (including phenoxy) is 1. The van der Waals surface area contributed by atoms with E-state index in [2.05, 4.69) is 0 Å². The first-order valence-corrected chi connectivity index (χ1v) is 5.00. The Morgan fingerprint density at radius 1 is 1.47 bits per heavy atom. The van der Waals surface area contributed by atoms with E-state index in [1.54, 1.807) is 6.92 Å². The molecule has 0 atom stereocenters. The smallest absolute Gasteiger partial charge is 0.163 e. The van der Waals surface area contributed by atoms with Crippen molar-refractivity contribution in [1.82, 2.24) is 0 Å². The number of allylic oxidation sites excluding steroid dienone is 1. The molecular weight excluding hydrogens is 188 g/mol. The van der Waals surface area contributed by atoms with Gasteiger partial charge in [-0.3, -0.25) is 4.79 Å². The van der Waals surface area contributed by atoms with Gasteiger partial charge in [-0.05, 0) is 32.9 Å². The third-order valence-electron chi connectivity index (χ3n) is 2.09. The molecule has 0 aliphatic carbocycles. The highest BCUT2D eigenvalue weighted by Gasteiger charge is 2.07. The van der Waals surface area contributed by atoms with E-state index in [1.165, 1.54) is 0 Å². The molecule has 2 heteroatoms. The summed E-state index contributed by atoms with van der Waals surface area (Å²) in [6, 6.07) is 5.64. The minimum atomic E-state index is 0.0363. The number of carbonyl (C=O) groups is 1. The molecule has 80 valence electrons. The number of aryl methyl sites for hydroxylation is 1. The summed E-state index contributed by atoms with van der Waals surface area (Å²) in [6.45, 7) is 5.95. The van der Waals surface area contributed by atoms with Crippen LogP contribution in [0.1, 0.15) is 29.8 Å². The van der Waals surface area contributed by atoms with Gasteiger partial charge in [0.15, 0.2) is 5.78 Å². The quantitative estimate of drug-likeness (QED) is 0.556. The Morgan fingerprint density at radius 2 is 2.20 bits per heavy atom. The highest BCUT2D eigenvalue weighted by atomic mass is 16.5. The van der Waals surface area contributed by atoms with Gasteiger partial charge in [0.25, 0.3) is 0 Å². The average Bonchev–Trinajstić information content (AvgIpc) is 2.20. The summed E-state index contributed by atoms with van der Waals surface area (Å²) in [5, 5.41) is 0. The molecule has 0 saturated heterocycles. The SMILES string of the molecule is C/C=C/COc1ccc(C)cc1C(C)=O. The van der Waals surface area contributed by atoms with Gasteiger partial charge < -0.3 is 4.74 Å². The lowest BCUT2D eigenvalue weighted by Gasteiger charge is -2.08. The molecule has 0 amide bonds. The maximum Gasteiger partial charge on any atom is 0.163 e. The van der Waals surface area contributed by atoms with Crippen molar-refractivity contribution in [3.05, 3.63) is 41.5 Å². The van der Waals surface area contributed by atoms with Gasteiger partial charge in [-0.1, -0.05) is 23.8 Å². The molecule has 0 aromatic heterocycles. The summed E-state index contributed by atoms with van der Waals surface area (Å²) < 4.78 is 5.49. The Morgan fingerprint density at radius 3 is 2.80 bits per heavy atom. The summed E-state index contributed by atoms with van der Waals surface area (Å²) in [6.07, 6.45) is 3.82. The number of rotatable bonds is 4. The standard InChI is InChI=1S/C13H16O2/c1-4-5-8-15-13-7-6-10(2)9-12(13)11(3)14/h4-7,9H,8H2,1-3H3/b5-4+. The van der Waals surface area contributed by atoms with E-state index in [4.69, 9.17) is 4.74 Å². The summed E-state index contributed by atoms with van der Waals surface area (Å²) in [5.74, 6) is 0.695.